The van der Waals surface area contributed by atoms with Gasteiger partial charge in [0.15, 0.2) is 5.82 Å². The molecule has 2 aromatic rings. The third kappa shape index (κ3) is 3.81. The van der Waals surface area contributed by atoms with E-state index in [0.29, 0.717) is 9.50 Å². The molecule has 0 unspecified atom stereocenters. The van der Waals surface area contributed by atoms with Gasteiger partial charge in [0.05, 0.1) is 25.7 Å². The van der Waals surface area contributed by atoms with Crippen LogP contribution in [-0.2, 0) is 10.0 Å². The van der Waals surface area contributed by atoms with E-state index in [1.807, 2.05) is 0 Å². The van der Waals surface area contributed by atoms with E-state index in [4.69, 9.17) is 34.8 Å². The molecule has 0 aliphatic carbocycles. The average Bonchev–Trinajstić information content (AvgIpc) is 2.38. The summed E-state index contributed by atoms with van der Waals surface area (Å²) in [7, 11) is -3.88. The van der Waals surface area contributed by atoms with E-state index in [9.17, 15) is 12.8 Å². The van der Waals surface area contributed by atoms with Gasteiger partial charge in [0.25, 0.3) is 10.0 Å². The minimum Gasteiger partial charge on any atom is -0.280 e. The van der Waals surface area contributed by atoms with Gasteiger partial charge in [-0.1, -0.05) is 34.8 Å². The van der Waals surface area contributed by atoms with Crippen molar-refractivity contribution in [3.63, 3.8) is 0 Å². The van der Waals surface area contributed by atoms with Crippen LogP contribution in [0.1, 0.15) is 0 Å². The first kappa shape index (κ1) is 16.8. The van der Waals surface area contributed by atoms with Crippen molar-refractivity contribution in [1.82, 2.24) is 0 Å². The third-order valence-corrected chi connectivity index (χ3v) is 5.58. The Labute approximate surface area is 144 Å². The predicted octanol–water partition coefficient (Wildman–Crippen LogP) is 5.35. The van der Waals surface area contributed by atoms with Crippen LogP contribution in [0.5, 0.6) is 0 Å². The molecule has 9 heteroatoms. The van der Waals surface area contributed by atoms with Gasteiger partial charge < -0.3 is 0 Å². The molecule has 0 saturated heterocycles. The van der Waals surface area contributed by atoms with Gasteiger partial charge in [0, 0.05) is 4.47 Å². The highest BCUT2D eigenvalue weighted by Gasteiger charge is 2.17. The summed E-state index contributed by atoms with van der Waals surface area (Å²) in [6.45, 7) is 0. The maximum atomic E-state index is 13.3. The number of nitrogens with one attached hydrogen (secondary N) is 1. The molecule has 0 aliphatic rings. The summed E-state index contributed by atoms with van der Waals surface area (Å²) in [6.07, 6.45) is 0. The second-order valence-electron chi connectivity index (χ2n) is 3.94. The zero-order valence-corrected chi connectivity index (χ0v) is 14.7. The normalized spacial score (nSPS) is 11.5. The SMILES string of the molecule is O=S(=O)(Nc1cc(Cl)c(F)c(Cl)c1)c1ccc(Cl)c(Br)c1. The second-order valence-corrected chi connectivity index (χ2v) is 7.69. The van der Waals surface area contributed by atoms with Gasteiger partial charge >= 0.3 is 0 Å². The minimum absolute atomic E-state index is 0.0182. The van der Waals surface area contributed by atoms with Crippen LogP contribution in [0.15, 0.2) is 39.7 Å². The molecule has 0 spiro atoms. The van der Waals surface area contributed by atoms with Gasteiger partial charge in [-0.05, 0) is 46.3 Å². The lowest BCUT2D eigenvalue weighted by atomic mass is 10.3. The maximum absolute atomic E-state index is 13.3. The first-order valence-corrected chi connectivity index (χ1v) is 8.74. The summed E-state index contributed by atoms with van der Waals surface area (Å²) in [5.41, 5.74) is 0.0532. The number of anilines is 1. The first-order valence-electron chi connectivity index (χ1n) is 5.33. The lowest BCUT2D eigenvalue weighted by Crippen LogP contribution is -2.13. The first-order chi connectivity index (χ1) is 9.70. The molecule has 0 atom stereocenters. The Morgan fingerprint density at radius 3 is 2.10 bits per heavy atom. The fourth-order valence-corrected chi connectivity index (χ4v) is 3.67. The van der Waals surface area contributed by atoms with E-state index < -0.39 is 15.8 Å². The number of rotatable bonds is 3. The lowest BCUT2D eigenvalue weighted by molar-refractivity contribution is 0.601. The molecule has 0 heterocycles. The summed E-state index contributed by atoms with van der Waals surface area (Å²) in [5.74, 6) is -0.810. The number of benzene rings is 2. The molecular weight excluding hydrogens is 427 g/mol. The van der Waals surface area contributed by atoms with Crippen LogP contribution in [0, 0.1) is 5.82 Å². The van der Waals surface area contributed by atoms with Crippen LogP contribution in [0.2, 0.25) is 15.1 Å². The summed E-state index contributed by atoms with van der Waals surface area (Å²) in [4.78, 5) is -0.0182. The molecule has 3 nitrogen and oxygen atoms in total. The van der Waals surface area contributed by atoms with Crippen LogP contribution < -0.4 is 4.72 Å². The molecule has 0 saturated carbocycles. The quantitative estimate of drug-likeness (QED) is 0.664. The highest BCUT2D eigenvalue weighted by atomic mass is 79.9. The van der Waals surface area contributed by atoms with Crippen molar-refractivity contribution in [2.24, 2.45) is 0 Å². The molecule has 1 N–H and O–H groups in total. The summed E-state index contributed by atoms with van der Waals surface area (Å²) < 4.78 is 40.4. The average molecular weight is 434 g/mol. The van der Waals surface area contributed by atoms with Crippen LogP contribution >= 0.6 is 50.7 Å². The second kappa shape index (κ2) is 6.30. The third-order valence-electron chi connectivity index (χ3n) is 2.44. The number of sulfonamides is 1. The molecule has 2 rings (SSSR count). The van der Waals surface area contributed by atoms with E-state index >= 15 is 0 Å². The van der Waals surface area contributed by atoms with Crippen LogP contribution in [0.25, 0.3) is 0 Å². The summed E-state index contributed by atoms with van der Waals surface area (Å²) >= 11 is 20.2. The molecule has 21 heavy (non-hydrogen) atoms. The molecule has 0 amide bonds. The van der Waals surface area contributed by atoms with Crippen molar-refractivity contribution in [3.8, 4) is 0 Å². The van der Waals surface area contributed by atoms with Crippen molar-refractivity contribution >= 4 is 66.4 Å². The van der Waals surface area contributed by atoms with E-state index in [1.54, 1.807) is 0 Å². The monoisotopic (exact) mass is 431 g/mol. The Hall–Kier alpha value is -0.530. The van der Waals surface area contributed by atoms with Gasteiger partial charge in [-0.2, -0.15) is 0 Å². The lowest BCUT2D eigenvalue weighted by Gasteiger charge is -2.10. The van der Waals surface area contributed by atoms with E-state index in [1.165, 1.54) is 18.2 Å². The fraction of sp³-hybridized carbons (Fsp3) is 0. The number of hydrogen-bond acceptors (Lipinski definition) is 2. The Bertz CT molecular complexity index is 791. The van der Waals surface area contributed by atoms with Gasteiger partial charge in [-0.25, -0.2) is 12.8 Å². The molecule has 0 aliphatic heterocycles. The Balaban J connectivity index is 2.39. The number of halogens is 5. The molecule has 112 valence electrons. The molecule has 0 bridgehead atoms. The van der Waals surface area contributed by atoms with Crippen molar-refractivity contribution in [2.45, 2.75) is 4.90 Å². The molecule has 2 aromatic carbocycles. The fourth-order valence-electron chi connectivity index (χ4n) is 1.47. The van der Waals surface area contributed by atoms with Crippen molar-refractivity contribution in [1.29, 1.82) is 0 Å². The van der Waals surface area contributed by atoms with Gasteiger partial charge in [0.1, 0.15) is 0 Å². The van der Waals surface area contributed by atoms with Crippen LogP contribution in [-0.4, -0.2) is 8.42 Å². The van der Waals surface area contributed by atoms with Crippen LogP contribution in [0.4, 0.5) is 10.1 Å². The molecule has 0 fully saturated rings. The highest BCUT2D eigenvalue weighted by molar-refractivity contribution is 9.10. The topological polar surface area (TPSA) is 46.2 Å². The van der Waals surface area contributed by atoms with Crippen molar-refractivity contribution < 1.29 is 12.8 Å². The number of hydrogen-bond donors (Lipinski definition) is 1. The summed E-state index contributed by atoms with van der Waals surface area (Å²) in [6, 6.07) is 6.38. The maximum Gasteiger partial charge on any atom is 0.261 e. The highest BCUT2D eigenvalue weighted by Crippen LogP contribution is 2.30. The standard InChI is InChI=1S/C12H6BrCl3FNO2S/c13-8-5-7(1-2-9(8)14)21(19,20)18-6-3-10(15)12(17)11(16)4-6/h1-5,18H. The van der Waals surface area contributed by atoms with Crippen molar-refractivity contribution in [2.75, 3.05) is 4.72 Å². The van der Waals surface area contributed by atoms with E-state index in [-0.39, 0.29) is 20.6 Å². The van der Waals surface area contributed by atoms with Gasteiger partial charge in [0.2, 0.25) is 0 Å². The van der Waals surface area contributed by atoms with Crippen LogP contribution in [0.3, 0.4) is 0 Å². The van der Waals surface area contributed by atoms with E-state index in [2.05, 4.69) is 20.7 Å². The Morgan fingerprint density at radius 1 is 1.00 bits per heavy atom. The molecular formula is C12H6BrCl3FNO2S. The zero-order valence-electron chi connectivity index (χ0n) is 10.0. The largest absolute Gasteiger partial charge is 0.280 e. The zero-order chi connectivity index (χ0) is 15.8. The molecule has 0 aromatic heterocycles. The summed E-state index contributed by atoms with van der Waals surface area (Å²) in [5, 5.41) is -0.184. The van der Waals surface area contributed by atoms with E-state index in [0.717, 1.165) is 12.1 Å². The van der Waals surface area contributed by atoms with Gasteiger partial charge in [-0.15, -0.1) is 0 Å². The van der Waals surface area contributed by atoms with Gasteiger partial charge in [-0.3, -0.25) is 4.72 Å². The Morgan fingerprint density at radius 2 is 1.57 bits per heavy atom. The minimum atomic E-state index is -3.88. The molecule has 0 radical (unpaired) electrons. The smallest absolute Gasteiger partial charge is 0.261 e. The predicted molar refractivity (Wildman–Crippen MR) is 86.4 cm³/mol. The van der Waals surface area contributed by atoms with Crippen molar-refractivity contribution in [3.05, 3.63) is 55.7 Å². The Kier molecular flexibility index (Phi) is 5.05.